The first-order chi connectivity index (χ1) is 9.37. The van der Waals surface area contributed by atoms with Crippen LogP contribution in [0.5, 0.6) is 5.75 Å². The normalized spacial score (nSPS) is 17.9. The molecule has 2 amide bonds. The third kappa shape index (κ3) is 2.29. The fourth-order valence-corrected chi connectivity index (χ4v) is 2.22. The predicted molar refractivity (Wildman–Crippen MR) is 76.6 cm³/mol. The molecule has 6 heteroatoms. The number of piperazine rings is 1. The van der Waals surface area contributed by atoms with E-state index in [2.05, 4.69) is 5.32 Å². The highest BCUT2D eigenvalue weighted by atomic mass is 16.5. The molecule has 0 unspecified atom stereocenters. The quantitative estimate of drug-likeness (QED) is 0.633. The first kappa shape index (κ1) is 14.2. The zero-order chi connectivity index (χ0) is 14.9. The van der Waals surface area contributed by atoms with Crippen molar-refractivity contribution < 1.29 is 14.3 Å². The minimum atomic E-state index is -0.854. The van der Waals surface area contributed by atoms with E-state index in [0.29, 0.717) is 23.7 Å². The summed E-state index contributed by atoms with van der Waals surface area (Å²) in [4.78, 5) is 25.3. The fourth-order valence-electron chi connectivity index (χ4n) is 2.22. The van der Waals surface area contributed by atoms with Crippen LogP contribution in [0.15, 0.2) is 18.2 Å². The number of hydrogen-bond donors (Lipinski definition) is 2. The monoisotopic (exact) mass is 277 g/mol. The van der Waals surface area contributed by atoms with E-state index in [1.54, 1.807) is 36.9 Å². The van der Waals surface area contributed by atoms with E-state index in [0.717, 1.165) is 0 Å². The molecular weight excluding hydrogens is 258 g/mol. The van der Waals surface area contributed by atoms with Crippen LogP contribution in [0.3, 0.4) is 0 Å². The number of ether oxygens (including phenoxy) is 1. The summed E-state index contributed by atoms with van der Waals surface area (Å²) in [7, 11) is 0. The fraction of sp³-hybridized carbons (Fsp3) is 0.429. The molecule has 1 aromatic carbocycles. The summed E-state index contributed by atoms with van der Waals surface area (Å²) in [5.74, 6) is -0.121. The lowest BCUT2D eigenvalue weighted by Gasteiger charge is -2.42. The maximum absolute atomic E-state index is 12.0. The first-order valence-corrected chi connectivity index (χ1v) is 6.51. The number of nitrogen functional groups attached to an aromatic ring is 1. The van der Waals surface area contributed by atoms with Crippen molar-refractivity contribution in [3.63, 3.8) is 0 Å². The molecular formula is C14H19N3O3. The third-order valence-corrected chi connectivity index (χ3v) is 3.42. The molecule has 0 aromatic heterocycles. The lowest BCUT2D eigenvalue weighted by molar-refractivity contribution is -0.135. The van der Waals surface area contributed by atoms with Gasteiger partial charge in [-0.3, -0.25) is 14.9 Å². The van der Waals surface area contributed by atoms with Gasteiger partial charge in [-0.05, 0) is 32.9 Å². The lowest BCUT2D eigenvalue weighted by Crippen LogP contribution is -2.64. The molecule has 1 saturated heterocycles. The van der Waals surface area contributed by atoms with Gasteiger partial charge in [0.2, 0.25) is 5.91 Å². The van der Waals surface area contributed by atoms with Crippen LogP contribution in [0.4, 0.5) is 11.4 Å². The Hall–Kier alpha value is -2.24. The van der Waals surface area contributed by atoms with Crippen molar-refractivity contribution in [2.45, 2.75) is 26.3 Å². The highest BCUT2D eigenvalue weighted by Crippen LogP contribution is 2.36. The van der Waals surface area contributed by atoms with Gasteiger partial charge in [0.15, 0.2) is 0 Å². The number of carbonyl (C=O) groups is 2. The number of nitrogens with one attached hydrogen (secondary N) is 1. The van der Waals surface area contributed by atoms with E-state index in [9.17, 15) is 9.59 Å². The van der Waals surface area contributed by atoms with Gasteiger partial charge in [-0.1, -0.05) is 6.07 Å². The number of amides is 2. The number of benzene rings is 1. The zero-order valence-electron chi connectivity index (χ0n) is 11.9. The zero-order valence-corrected chi connectivity index (χ0v) is 11.9. The summed E-state index contributed by atoms with van der Waals surface area (Å²) < 4.78 is 5.45. The summed E-state index contributed by atoms with van der Waals surface area (Å²) in [6.45, 7) is 5.95. The van der Waals surface area contributed by atoms with E-state index < -0.39 is 5.54 Å². The third-order valence-electron chi connectivity index (χ3n) is 3.42. The van der Waals surface area contributed by atoms with Crippen LogP contribution in [-0.2, 0) is 9.59 Å². The average molecular weight is 277 g/mol. The van der Waals surface area contributed by atoms with Gasteiger partial charge in [-0.2, -0.15) is 0 Å². The number of hydrogen-bond acceptors (Lipinski definition) is 5. The summed E-state index contributed by atoms with van der Waals surface area (Å²) in [6.07, 6.45) is 0. The van der Waals surface area contributed by atoms with Crippen molar-refractivity contribution in [2.75, 3.05) is 23.8 Å². The molecule has 0 saturated carbocycles. The summed E-state index contributed by atoms with van der Waals surface area (Å²) in [5, 5.41) is 2.34. The van der Waals surface area contributed by atoms with E-state index in [4.69, 9.17) is 10.5 Å². The number of imide groups is 1. The number of nitrogens with two attached hydrogens (primary N) is 1. The second-order valence-electron chi connectivity index (χ2n) is 5.14. The molecule has 0 atom stereocenters. The van der Waals surface area contributed by atoms with Crippen LogP contribution >= 0.6 is 0 Å². The van der Waals surface area contributed by atoms with E-state index in [-0.39, 0.29) is 18.4 Å². The Morgan fingerprint density at radius 2 is 2.10 bits per heavy atom. The van der Waals surface area contributed by atoms with E-state index >= 15 is 0 Å². The number of anilines is 2. The van der Waals surface area contributed by atoms with Crippen LogP contribution in [0.1, 0.15) is 20.8 Å². The summed E-state index contributed by atoms with van der Waals surface area (Å²) in [5.41, 5.74) is 6.31. The van der Waals surface area contributed by atoms with Gasteiger partial charge in [-0.25, -0.2) is 0 Å². The minimum absolute atomic E-state index is 0.0819. The van der Waals surface area contributed by atoms with Crippen molar-refractivity contribution in [2.24, 2.45) is 0 Å². The maximum Gasteiger partial charge on any atom is 0.251 e. The minimum Gasteiger partial charge on any atom is -0.492 e. The standard InChI is InChI=1S/C14H19N3O3/c1-4-20-10-7-5-6-9(12(10)15)17-8-11(18)16-13(19)14(17,2)3/h5-7H,4,8,15H2,1-3H3,(H,16,18,19). The van der Waals surface area contributed by atoms with Gasteiger partial charge in [0.05, 0.1) is 24.5 Å². The number of para-hydroxylation sites is 1. The molecule has 1 aliphatic heterocycles. The molecule has 2 rings (SSSR count). The average Bonchev–Trinajstić information content (AvgIpc) is 2.37. The first-order valence-electron chi connectivity index (χ1n) is 6.51. The van der Waals surface area contributed by atoms with Gasteiger partial charge in [0.25, 0.3) is 5.91 Å². The van der Waals surface area contributed by atoms with Crippen molar-refractivity contribution in [3.05, 3.63) is 18.2 Å². The Bertz CT molecular complexity index is 555. The molecule has 108 valence electrons. The lowest BCUT2D eigenvalue weighted by atomic mass is 9.97. The van der Waals surface area contributed by atoms with E-state index in [1.807, 2.05) is 6.92 Å². The number of carbonyl (C=O) groups excluding carboxylic acids is 2. The summed E-state index contributed by atoms with van der Waals surface area (Å²) >= 11 is 0. The van der Waals surface area contributed by atoms with Gasteiger partial charge < -0.3 is 15.4 Å². The molecule has 1 fully saturated rings. The Labute approximate surface area is 117 Å². The maximum atomic E-state index is 12.0. The Morgan fingerprint density at radius 1 is 1.40 bits per heavy atom. The molecule has 0 aliphatic carbocycles. The van der Waals surface area contributed by atoms with Crippen molar-refractivity contribution >= 4 is 23.2 Å². The number of nitrogens with zero attached hydrogens (tertiary/aromatic N) is 1. The van der Waals surface area contributed by atoms with E-state index in [1.165, 1.54) is 0 Å². The van der Waals surface area contributed by atoms with Gasteiger partial charge in [0.1, 0.15) is 11.3 Å². The molecule has 20 heavy (non-hydrogen) atoms. The predicted octanol–water partition coefficient (Wildman–Crippen LogP) is 0.909. The smallest absolute Gasteiger partial charge is 0.251 e. The molecule has 0 radical (unpaired) electrons. The Balaban J connectivity index is 2.46. The van der Waals surface area contributed by atoms with Crippen molar-refractivity contribution in [1.82, 2.24) is 5.32 Å². The topological polar surface area (TPSA) is 84.7 Å². The Morgan fingerprint density at radius 3 is 2.75 bits per heavy atom. The van der Waals surface area contributed by atoms with Gasteiger partial charge in [-0.15, -0.1) is 0 Å². The molecule has 0 spiro atoms. The highest BCUT2D eigenvalue weighted by molar-refractivity contribution is 6.07. The van der Waals surface area contributed by atoms with Crippen molar-refractivity contribution in [1.29, 1.82) is 0 Å². The second kappa shape index (κ2) is 5.03. The van der Waals surface area contributed by atoms with Crippen LogP contribution in [0.25, 0.3) is 0 Å². The highest BCUT2D eigenvalue weighted by Gasteiger charge is 2.41. The second-order valence-corrected chi connectivity index (χ2v) is 5.14. The largest absolute Gasteiger partial charge is 0.492 e. The molecule has 3 N–H and O–H groups in total. The number of rotatable bonds is 3. The van der Waals surface area contributed by atoms with Crippen LogP contribution in [0.2, 0.25) is 0 Å². The van der Waals surface area contributed by atoms with Crippen LogP contribution in [-0.4, -0.2) is 30.5 Å². The van der Waals surface area contributed by atoms with Crippen molar-refractivity contribution in [3.8, 4) is 5.75 Å². The molecule has 1 aliphatic rings. The van der Waals surface area contributed by atoms with Gasteiger partial charge in [0, 0.05) is 0 Å². The molecule has 1 aromatic rings. The SMILES string of the molecule is CCOc1cccc(N2CC(=O)NC(=O)C2(C)C)c1N. The molecule has 6 nitrogen and oxygen atoms in total. The molecule has 1 heterocycles. The Kier molecular flexibility index (Phi) is 3.57. The summed E-state index contributed by atoms with van der Waals surface area (Å²) in [6, 6.07) is 5.34. The molecule has 0 bridgehead atoms. The van der Waals surface area contributed by atoms with Crippen LogP contribution in [0, 0.1) is 0 Å². The van der Waals surface area contributed by atoms with Crippen LogP contribution < -0.4 is 20.7 Å². The van der Waals surface area contributed by atoms with Gasteiger partial charge >= 0.3 is 0 Å².